The topological polar surface area (TPSA) is 47.4 Å². The van der Waals surface area contributed by atoms with Gasteiger partial charge in [0.05, 0.1) is 11.0 Å². The molecule has 0 unspecified atom stereocenters. The number of carbonyl (C=O) groups excluding carboxylic acids is 1. The number of ether oxygens (including phenoxy) is 1. The zero-order valence-electron chi connectivity index (χ0n) is 18.9. The SMILES string of the molecule is Cc1ccccc1OCc1nc2ccccc2n1CC(=O)N(Cc1ccccc1)C(C)C. The van der Waals surface area contributed by atoms with E-state index in [9.17, 15) is 4.79 Å². The van der Waals surface area contributed by atoms with Gasteiger partial charge in [-0.15, -0.1) is 0 Å². The third-order valence-corrected chi connectivity index (χ3v) is 5.62. The minimum absolute atomic E-state index is 0.0594. The van der Waals surface area contributed by atoms with Crippen molar-refractivity contribution in [1.82, 2.24) is 14.5 Å². The average molecular weight is 428 g/mol. The number of amides is 1. The molecule has 0 N–H and O–H groups in total. The molecule has 164 valence electrons. The molecule has 0 aliphatic carbocycles. The van der Waals surface area contributed by atoms with Gasteiger partial charge in [-0.2, -0.15) is 0 Å². The fourth-order valence-corrected chi connectivity index (χ4v) is 3.84. The molecule has 0 saturated carbocycles. The standard InChI is InChI=1S/C27H29N3O2/c1-20(2)29(17-22-12-5-4-6-13-22)27(31)18-30-24-15-9-8-14-23(24)28-26(30)19-32-25-16-10-7-11-21(25)3/h4-16,20H,17-19H2,1-3H3. The Morgan fingerprint density at radius 3 is 2.41 bits per heavy atom. The van der Waals surface area contributed by atoms with Crippen LogP contribution in [0.1, 0.15) is 30.8 Å². The Bertz CT molecular complexity index is 1200. The molecule has 0 fully saturated rings. The maximum Gasteiger partial charge on any atom is 0.243 e. The fourth-order valence-electron chi connectivity index (χ4n) is 3.84. The van der Waals surface area contributed by atoms with Crippen LogP contribution in [-0.2, 0) is 24.5 Å². The minimum Gasteiger partial charge on any atom is -0.485 e. The van der Waals surface area contributed by atoms with Crippen LogP contribution in [0.2, 0.25) is 0 Å². The molecule has 3 aromatic carbocycles. The van der Waals surface area contributed by atoms with E-state index in [2.05, 4.69) is 26.0 Å². The molecule has 0 radical (unpaired) electrons. The molecule has 0 aliphatic heterocycles. The molecule has 0 bridgehead atoms. The number of nitrogens with zero attached hydrogens (tertiary/aromatic N) is 3. The molecule has 4 aromatic rings. The van der Waals surface area contributed by atoms with Crippen LogP contribution in [0.5, 0.6) is 5.75 Å². The first-order valence-corrected chi connectivity index (χ1v) is 11.0. The van der Waals surface area contributed by atoms with E-state index in [1.54, 1.807) is 0 Å². The summed E-state index contributed by atoms with van der Waals surface area (Å²) in [6.45, 7) is 7.22. The van der Waals surface area contributed by atoms with Crippen LogP contribution in [0.15, 0.2) is 78.9 Å². The van der Waals surface area contributed by atoms with Gasteiger partial charge in [-0.25, -0.2) is 4.98 Å². The molecule has 32 heavy (non-hydrogen) atoms. The van der Waals surface area contributed by atoms with Gasteiger partial charge in [-0.3, -0.25) is 4.79 Å². The van der Waals surface area contributed by atoms with E-state index in [-0.39, 0.29) is 18.5 Å². The molecular formula is C27H29N3O2. The third-order valence-electron chi connectivity index (χ3n) is 5.62. The van der Waals surface area contributed by atoms with Crippen molar-refractivity contribution in [2.24, 2.45) is 0 Å². The highest BCUT2D eigenvalue weighted by atomic mass is 16.5. The predicted octanol–water partition coefficient (Wildman–Crippen LogP) is 5.36. The summed E-state index contributed by atoms with van der Waals surface area (Å²) in [7, 11) is 0. The Kier molecular flexibility index (Phi) is 6.55. The first kappa shape index (κ1) is 21.6. The molecule has 1 aromatic heterocycles. The normalized spacial score (nSPS) is 11.1. The van der Waals surface area contributed by atoms with Crippen molar-refractivity contribution in [1.29, 1.82) is 0 Å². The van der Waals surface area contributed by atoms with Gasteiger partial charge in [-0.05, 0) is 50.1 Å². The Labute approximate surface area is 189 Å². The maximum absolute atomic E-state index is 13.4. The first-order valence-electron chi connectivity index (χ1n) is 11.0. The zero-order chi connectivity index (χ0) is 22.5. The summed E-state index contributed by atoms with van der Waals surface area (Å²) >= 11 is 0. The summed E-state index contributed by atoms with van der Waals surface area (Å²) in [5.74, 6) is 1.63. The Balaban J connectivity index is 1.60. The van der Waals surface area contributed by atoms with Gasteiger partial charge in [0, 0.05) is 12.6 Å². The summed E-state index contributed by atoms with van der Waals surface area (Å²) in [4.78, 5) is 20.1. The van der Waals surface area contributed by atoms with Gasteiger partial charge in [0.25, 0.3) is 0 Å². The van der Waals surface area contributed by atoms with Crippen molar-refractivity contribution in [3.63, 3.8) is 0 Å². The number of hydrogen-bond donors (Lipinski definition) is 0. The number of fused-ring (bicyclic) bond motifs is 1. The van der Waals surface area contributed by atoms with Crippen LogP contribution in [0.3, 0.4) is 0 Å². The van der Waals surface area contributed by atoms with Crippen molar-refractivity contribution in [2.45, 2.75) is 46.5 Å². The smallest absolute Gasteiger partial charge is 0.243 e. The lowest BCUT2D eigenvalue weighted by atomic mass is 10.2. The quantitative estimate of drug-likeness (QED) is 0.380. The molecule has 1 amide bonds. The lowest BCUT2D eigenvalue weighted by Gasteiger charge is -2.27. The van der Waals surface area contributed by atoms with Crippen molar-refractivity contribution < 1.29 is 9.53 Å². The molecule has 1 heterocycles. The number of rotatable bonds is 8. The van der Waals surface area contributed by atoms with Crippen molar-refractivity contribution >= 4 is 16.9 Å². The number of carbonyl (C=O) groups is 1. The monoisotopic (exact) mass is 427 g/mol. The van der Waals surface area contributed by atoms with Gasteiger partial charge in [-0.1, -0.05) is 60.7 Å². The van der Waals surface area contributed by atoms with Crippen LogP contribution in [0.4, 0.5) is 0 Å². The van der Waals surface area contributed by atoms with E-state index in [0.717, 1.165) is 33.7 Å². The summed E-state index contributed by atoms with van der Waals surface area (Å²) in [6.07, 6.45) is 0. The second-order valence-electron chi connectivity index (χ2n) is 8.26. The number of hydrogen-bond acceptors (Lipinski definition) is 3. The van der Waals surface area contributed by atoms with Crippen molar-refractivity contribution in [3.05, 3.63) is 95.8 Å². The summed E-state index contributed by atoms with van der Waals surface area (Å²) < 4.78 is 8.05. The van der Waals surface area contributed by atoms with Crippen LogP contribution in [-0.4, -0.2) is 26.4 Å². The molecule has 0 spiro atoms. The van der Waals surface area contributed by atoms with E-state index < -0.39 is 0 Å². The molecule has 4 rings (SSSR count). The second kappa shape index (κ2) is 9.69. The lowest BCUT2D eigenvalue weighted by molar-refractivity contribution is -0.134. The van der Waals surface area contributed by atoms with Crippen LogP contribution in [0.25, 0.3) is 11.0 Å². The number of benzene rings is 3. The zero-order valence-corrected chi connectivity index (χ0v) is 18.9. The van der Waals surface area contributed by atoms with E-state index >= 15 is 0 Å². The highest BCUT2D eigenvalue weighted by Crippen LogP contribution is 2.21. The predicted molar refractivity (Wildman–Crippen MR) is 127 cm³/mol. The van der Waals surface area contributed by atoms with Gasteiger partial charge >= 0.3 is 0 Å². The molecule has 5 heteroatoms. The summed E-state index contributed by atoms with van der Waals surface area (Å²) in [5.41, 5.74) is 3.99. The Hall–Kier alpha value is -3.60. The highest BCUT2D eigenvalue weighted by molar-refractivity contribution is 5.81. The third kappa shape index (κ3) is 4.83. The average Bonchev–Trinajstić information content (AvgIpc) is 3.14. The van der Waals surface area contributed by atoms with Gasteiger partial charge < -0.3 is 14.2 Å². The highest BCUT2D eigenvalue weighted by Gasteiger charge is 2.21. The summed E-state index contributed by atoms with van der Waals surface area (Å²) in [5, 5.41) is 0. The van der Waals surface area contributed by atoms with Crippen molar-refractivity contribution in [3.8, 4) is 5.75 Å². The van der Waals surface area contributed by atoms with E-state index in [1.165, 1.54) is 0 Å². The molecule has 0 atom stereocenters. The number of aryl methyl sites for hydroxylation is 1. The minimum atomic E-state index is 0.0594. The van der Waals surface area contributed by atoms with Crippen LogP contribution < -0.4 is 4.74 Å². The first-order chi connectivity index (χ1) is 15.5. The van der Waals surface area contributed by atoms with Gasteiger partial charge in [0.15, 0.2) is 0 Å². The van der Waals surface area contributed by atoms with Gasteiger partial charge in [0.2, 0.25) is 5.91 Å². The lowest BCUT2D eigenvalue weighted by Crippen LogP contribution is -2.38. The second-order valence-corrected chi connectivity index (χ2v) is 8.26. The maximum atomic E-state index is 13.4. The van der Waals surface area contributed by atoms with Crippen LogP contribution in [0, 0.1) is 6.92 Å². The van der Waals surface area contributed by atoms with Crippen LogP contribution >= 0.6 is 0 Å². The summed E-state index contributed by atoms with van der Waals surface area (Å²) in [6, 6.07) is 26.0. The number of para-hydroxylation sites is 3. The van der Waals surface area contributed by atoms with E-state index in [0.29, 0.717) is 13.2 Å². The molecule has 0 aliphatic rings. The molecule has 0 saturated heterocycles. The largest absolute Gasteiger partial charge is 0.485 e. The fraction of sp³-hybridized carbons (Fsp3) is 0.259. The Morgan fingerprint density at radius 2 is 1.66 bits per heavy atom. The van der Waals surface area contributed by atoms with Gasteiger partial charge in [0.1, 0.15) is 24.7 Å². The Morgan fingerprint density at radius 1 is 0.969 bits per heavy atom. The number of imidazole rings is 1. The number of aromatic nitrogens is 2. The van der Waals surface area contributed by atoms with E-state index in [1.807, 2.05) is 83.1 Å². The van der Waals surface area contributed by atoms with Crippen molar-refractivity contribution in [2.75, 3.05) is 0 Å². The molecular weight excluding hydrogens is 398 g/mol. The molecule has 5 nitrogen and oxygen atoms in total. The van der Waals surface area contributed by atoms with E-state index in [4.69, 9.17) is 9.72 Å².